The Balaban J connectivity index is 2.71. The molecular formula is C13H18FNO2. The topological polar surface area (TPSA) is 29.5 Å². The summed E-state index contributed by atoms with van der Waals surface area (Å²) in [7, 11) is 1.64. The molecule has 0 heterocycles. The molecule has 0 aliphatic carbocycles. The van der Waals surface area contributed by atoms with Crippen molar-refractivity contribution in [2.24, 2.45) is 0 Å². The van der Waals surface area contributed by atoms with E-state index in [1.807, 2.05) is 6.92 Å². The van der Waals surface area contributed by atoms with Crippen LogP contribution < -0.4 is 0 Å². The molecule has 0 aliphatic heterocycles. The van der Waals surface area contributed by atoms with Crippen molar-refractivity contribution in [1.29, 1.82) is 0 Å². The number of halogens is 1. The van der Waals surface area contributed by atoms with Crippen molar-refractivity contribution in [3.8, 4) is 0 Å². The number of hydrogen-bond acceptors (Lipinski definition) is 2. The average Bonchev–Trinajstić information content (AvgIpc) is 2.32. The van der Waals surface area contributed by atoms with Crippen LogP contribution in [0.4, 0.5) is 4.39 Å². The lowest BCUT2D eigenvalue weighted by Crippen LogP contribution is -2.31. The third-order valence-corrected chi connectivity index (χ3v) is 2.54. The summed E-state index contributed by atoms with van der Waals surface area (Å²) in [5, 5.41) is 0. The van der Waals surface area contributed by atoms with Gasteiger partial charge in [0.05, 0.1) is 12.2 Å². The van der Waals surface area contributed by atoms with Crippen LogP contribution >= 0.6 is 0 Å². The Bertz CT molecular complexity index is 393. The number of likely N-dealkylation sites (N-methyl/N-ethyl adjacent to an activating group) is 1. The van der Waals surface area contributed by atoms with Gasteiger partial charge in [-0.2, -0.15) is 0 Å². The van der Waals surface area contributed by atoms with E-state index in [-0.39, 0.29) is 11.5 Å². The monoisotopic (exact) mass is 239 g/mol. The molecule has 0 saturated carbocycles. The van der Waals surface area contributed by atoms with Crippen LogP contribution in [0.1, 0.15) is 22.8 Å². The largest absolute Gasteiger partial charge is 0.380 e. The highest BCUT2D eigenvalue weighted by atomic mass is 19.1. The molecule has 94 valence electrons. The van der Waals surface area contributed by atoms with Crippen molar-refractivity contribution < 1.29 is 13.9 Å². The Morgan fingerprint density at radius 1 is 1.47 bits per heavy atom. The van der Waals surface area contributed by atoms with Crippen LogP contribution in [0.3, 0.4) is 0 Å². The van der Waals surface area contributed by atoms with E-state index in [0.29, 0.717) is 25.3 Å². The fraction of sp³-hybridized carbons (Fsp3) is 0.462. The minimum absolute atomic E-state index is 0.115. The molecule has 0 atom stereocenters. The van der Waals surface area contributed by atoms with Crippen molar-refractivity contribution in [2.75, 3.05) is 26.8 Å². The van der Waals surface area contributed by atoms with Gasteiger partial charge < -0.3 is 9.64 Å². The summed E-state index contributed by atoms with van der Waals surface area (Å²) in [5.41, 5.74) is 0.595. The fourth-order valence-corrected chi connectivity index (χ4v) is 1.47. The second-order valence-corrected chi connectivity index (χ2v) is 3.86. The first-order valence-electron chi connectivity index (χ1n) is 5.66. The van der Waals surface area contributed by atoms with Crippen LogP contribution in [0.15, 0.2) is 18.2 Å². The molecule has 0 N–H and O–H groups in total. The van der Waals surface area contributed by atoms with Gasteiger partial charge in [0.25, 0.3) is 5.91 Å². The van der Waals surface area contributed by atoms with Gasteiger partial charge in [0.1, 0.15) is 5.82 Å². The number of amides is 1. The van der Waals surface area contributed by atoms with E-state index in [1.54, 1.807) is 26.1 Å². The normalized spacial score (nSPS) is 10.4. The molecule has 0 bridgehead atoms. The van der Waals surface area contributed by atoms with E-state index < -0.39 is 5.82 Å². The molecule has 0 radical (unpaired) electrons. The molecule has 4 heteroatoms. The van der Waals surface area contributed by atoms with E-state index in [2.05, 4.69) is 0 Å². The summed E-state index contributed by atoms with van der Waals surface area (Å²) in [5.74, 6) is -0.758. The highest BCUT2D eigenvalue weighted by Gasteiger charge is 2.16. The third-order valence-electron chi connectivity index (χ3n) is 2.54. The van der Waals surface area contributed by atoms with Gasteiger partial charge in [-0.1, -0.05) is 12.1 Å². The van der Waals surface area contributed by atoms with Crippen LogP contribution in [-0.4, -0.2) is 37.6 Å². The maximum absolute atomic E-state index is 13.7. The lowest BCUT2D eigenvalue weighted by Gasteiger charge is -2.17. The molecule has 0 spiro atoms. The van der Waals surface area contributed by atoms with Gasteiger partial charge in [-0.05, 0) is 25.5 Å². The van der Waals surface area contributed by atoms with E-state index >= 15 is 0 Å². The molecule has 0 aromatic heterocycles. The van der Waals surface area contributed by atoms with Crippen molar-refractivity contribution in [3.05, 3.63) is 35.1 Å². The second kappa shape index (κ2) is 6.35. The van der Waals surface area contributed by atoms with E-state index in [0.717, 1.165) is 0 Å². The maximum Gasteiger partial charge on any atom is 0.256 e. The van der Waals surface area contributed by atoms with Gasteiger partial charge in [0.15, 0.2) is 0 Å². The first kappa shape index (κ1) is 13.6. The van der Waals surface area contributed by atoms with Gasteiger partial charge in [-0.25, -0.2) is 4.39 Å². The van der Waals surface area contributed by atoms with Crippen LogP contribution in [0, 0.1) is 12.7 Å². The van der Waals surface area contributed by atoms with E-state index in [1.165, 1.54) is 11.0 Å². The number of aryl methyl sites for hydroxylation is 1. The van der Waals surface area contributed by atoms with Crippen LogP contribution in [0.25, 0.3) is 0 Å². The molecule has 1 rings (SSSR count). The highest BCUT2D eigenvalue weighted by Crippen LogP contribution is 2.13. The predicted molar refractivity (Wildman–Crippen MR) is 64.6 cm³/mol. The zero-order valence-corrected chi connectivity index (χ0v) is 10.5. The molecule has 1 aromatic rings. The predicted octanol–water partition coefficient (Wildman–Crippen LogP) is 2.24. The Labute approximate surface area is 101 Å². The quantitative estimate of drug-likeness (QED) is 0.737. The standard InChI is InChI=1S/C13H18FNO2/c1-4-17-9-8-15(3)13(16)11-7-5-6-10(2)12(11)14/h5-7H,4,8-9H2,1-3H3. The summed E-state index contributed by atoms with van der Waals surface area (Å²) in [6.07, 6.45) is 0. The van der Waals surface area contributed by atoms with E-state index in [9.17, 15) is 9.18 Å². The molecule has 1 aromatic carbocycles. The minimum Gasteiger partial charge on any atom is -0.380 e. The molecule has 3 nitrogen and oxygen atoms in total. The van der Waals surface area contributed by atoms with Crippen molar-refractivity contribution >= 4 is 5.91 Å². The van der Waals surface area contributed by atoms with E-state index in [4.69, 9.17) is 4.74 Å². The molecular weight excluding hydrogens is 221 g/mol. The number of rotatable bonds is 5. The molecule has 0 saturated heterocycles. The van der Waals surface area contributed by atoms with Crippen LogP contribution in [-0.2, 0) is 4.74 Å². The Kier molecular flexibility index (Phi) is 5.10. The number of benzene rings is 1. The number of carbonyl (C=O) groups is 1. The van der Waals surface area contributed by atoms with Crippen LogP contribution in [0.5, 0.6) is 0 Å². The molecule has 0 unspecified atom stereocenters. The number of hydrogen-bond donors (Lipinski definition) is 0. The van der Waals surface area contributed by atoms with Crippen LogP contribution in [0.2, 0.25) is 0 Å². The van der Waals surface area contributed by atoms with Crippen molar-refractivity contribution in [1.82, 2.24) is 4.90 Å². The summed E-state index contributed by atoms with van der Waals surface area (Å²) < 4.78 is 18.9. The minimum atomic E-state index is -0.444. The maximum atomic E-state index is 13.7. The number of carbonyl (C=O) groups excluding carboxylic acids is 1. The summed E-state index contributed by atoms with van der Waals surface area (Å²) in [4.78, 5) is 13.4. The average molecular weight is 239 g/mol. The third kappa shape index (κ3) is 3.53. The first-order chi connectivity index (χ1) is 8.07. The molecule has 0 fully saturated rings. The lowest BCUT2D eigenvalue weighted by molar-refractivity contribution is 0.0705. The van der Waals surface area contributed by atoms with Crippen molar-refractivity contribution in [2.45, 2.75) is 13.8 Å². The number of ether oxygens (including phenoxy) is 1. The van der Waals surface area contributed by atoms with Crippen molar-refractivity contribution in [3.63, 3.8) is 0 Å². The van der Waals surface area contributed by atoms with Gasteiger partial charge in [-0.3, -0.25) is 4.79 Å². The molecule has 0 aliphatic rings. The fourth-order valence-electron chi connectivity index (χ4n) is 1.47. The SMILES string of the molecule is CCOCCN(C)C(=O)c1cccc(C)c1F. The second-order valence-electron chi connectivity index (χ2n) is 3.86. The summed E-state index contributed by atoms with van der Waals surface area (Å²) in [6.45, 7) is 5.07. The molecule has 17 heavy (non-hydrogen) atoms. The van der Waals surface area contributed by atoms with Gasteiger partial charge >= 0.3 is 0 Å². The zero-order valence-electron chi connectivity index (χ0n) is 10.5. The van der Waals surface area contributed by atoms with Gasteiger partial charge in [0.2, 0.25) is 0 Å². The first-order valence-corrected chi connectivity index (χ1v) is 5.66. The Morgan fingerprint density at radius 2 is 2.18 bits per heavy atom. The smallest absolute Gasteiger partial charge is 0.256 e. The van der Waals surface area contributed by atoms with Gasteiger partial charge in [-0.15, -0.1) is 0 Å². The lowest BCUT2D eigenvalue weighted by atomic mass is 10.1. The Morgan fingerprint density at radius 3 is 2.82 bits per heavy atom. The number of nitrogens with zero attached hydrogens (tertiary/aromatic N) is 1. The van der Waals surface area contributed by atoms with Gasteiger partial charge in [0, 0.05) is 20.2 Å². The zero-order chi connectivity index (χ0) is 12.8. The molecule has 1 amide bonds. The Hall–Kier alpha value is -1.42. The highest BCUT2D eigenvalue weighted by molar-refractivity contribution is 5.94. The summed E-state index contributed by atoms with van der Waals surface area (Å²) in [6, 6.07) is 4.83. The summed E-state index contributed by atoms with van der Waals surface area (Å²) >= 11 is 0.